The molecular weight excluding hydrogens is 389 g/mol. The molecule has 0 saturated heterocycles. The second-order valence-electron chi connectivity index (χ2n) is 7.20. The van der Waals surface area contributed by atoms with Gasteiger partial charge >= 0.3 is 6.18 Å². The number of nitrogens with zero attached hydrogens (tertiary/aromatic N) is 6. The van der Waals surface area contributed by atoms with Crippen molar-refractivity contribution in [3.8, 4) is 0 Å². The lowest BCUT2D eigenvalue weighted by Crippen LogP contribution is -2.10. The fourth-order valence-electron chi connectivity index (χ4n) is 3.46. The lowest BCUT2D eigenvalue weighted by atomic mass is 10.2. The van der Waals surface area contributed by atoms with Crippen molar-refractivity contribution < 1.29 is 13.2 Å². The van der Waals surface area contributed by atoms with Crippen LogP contribution in [0.25, 0.3) is 15.9 Å². The molecule has 4 aromatic heterocycles. The number of halogens is 3. The zero-order chi connectivity index (χ0) is 19.6. The zero-order valence-electron chi connectivity index (χ0n) is 15.3. The molecular formula is C18H17F3N6S. The van der Waals surface area contributed by atoms with Crippen LogP contribution < -0.4 is 0 Å². The molecule has 1 aliphatic rings. The summed E-state index contributed by atoms with van der Waals surface area (Å²) in [5.74, 6) is 0.751. The highest BCUT2D eigenvalue weighted by Crippen LogP contribution is 2.42. The van der Waals surface area contributed by atoms with Gasteiger partial charge in [-0.15, -0.1) is 16.4 Å². The quantitative estimate of drug-likeness (QED) is 0.507. The number of rotatable bonds is 4. The van der Waals surface area contributed by atoms with E-state index in [1.54, 1.807) is 22.2 Å². The SMILES string of the molecule is Cc1sc2ncn3nc(CCn4nc(C(F)(F)F)cc4C4CC4)nc3c2c1C. The van der Waals surface area contributed by atoms with Crippen molar-refractivity contribution in [1.82, 2.24) is 29.4 Å². The lowest BCUT2D eigenvalue weighted by molar-refractivity contribution is -0.141. The number of hydrogen-bond donors (Lipinski definition) is 0. The molecule has 10 heteroatoms. The highest BCUT2D eigenvalue weighted by molar-refractivity contribution is 7.18. The minimum absolute atomic E-state index is 0.179. The Morgan fingerprint density at radius 2 is 2.00 bits per heavy atom. The molecule has 0 aliphatic heterocycles. The first-order valence-electron chi connectivity index (χ1n) is 9.06. The molecule has 1 aliphatic carbocycles. The number of aryl methyl sites for hydroxylation is 4. The van der Waals surface area contributed by atoms with Gasteiger partial charge in [-0.1, -0.05) is 0 Å². The summed E-state index contributed by atoms with van der Waals surface area (Å²) in [4.78, 5) is 11.2. The van der Waals surface area contributed by atoms with Crippen LogP contribution >= 0.6 is 11.3 Å². The smallest absolute Gasteiger partial charge is 0.268 e. The molecule has 0 atom stereocenters. The standard InChI is InChI=1S/C18H17F3N6S/c1-9-10(2)28-17-15(9)16-23-14(25-27(16)8-22-17)5-6-26-12(11-3-4-11)7-13(24-26)18(19,20)21/h7-8,11H,3-6H2,1-2H3. The van der Waals surface area contributed by atoms with Crippen molar-refractivity contribution in [2.75, 3.05) is 0 Å². The summed E-state index contributed by atoms with van der Waals surface area (Å²) in [6.07, 6.45) is -0.563. The average molecular weight is 406 g/mol. The zero-order valence-corrected chi connectivity index (χ0v) is 16.1. The van der Waals surface area contributed by atoms with Crippen LogP contribution in [0.2, 0.25) is 0 Å². The Morgan fingerprint density at radius 1 is 1.21 bits per heavy atom. The van der Waals surface area contributed by atoms with E-state index >= 15 is 0 Å². The maximum Gasteiger partial charge on any atom is 0.435 e. The number of aromatic nitrogens is 6. The molecule has 0 aromatic carbocycles. The van der Waals surface area contributed by atoms with Crippen LogP contribution in [-0.2, 0) is 19.1 Å². The molecule has 0 bridgehead atoms. The van der Waals surface area contributed by atoms with Crippen molar-refractivity contribution in [2.45, 2.75) is 51.7 Å². The molecule has 4 heterocycles. The van der Waals surface area contributed by atoms with Crippen molar-refractivity contribution in [3.63, 3.8) is 0 Å². The Hall–Kier alpha value is -2.49. The van der Waals surface area contributed by atoms with Crippen LogP contribution in [0.5, 0.6) is 0 Å². The second-order valence-corrected chi connectivity index (χ2v) is 8.41. The predicted molar refractivity (Wildman–Crippen MR) is 98.5 cm³/mol. The molecule has 0 N–H and O–H groups in total. The van der Waals surface area contributed by atoms with E-state index in [1.165, 1.54) is 15.6 Å². The molecule has 6 nitrogen and oxygen atoms in total. The molecule has 146 valence electrons. The summed E-state index contributed by atoms with van der Waals surface area (Å²) in [5, 5.41) is 9.24. The highest BCUT2D eigenvalue weighted by atomic mass is 32.1. The Morgan fingerprint density at radius 3 is 2.71 bits per heavy atom. The summed E-state index contributed by atoms with van der Waals surface area (Å²) in [5.41, 5.74) is 1.70. The van der Waals surface area contributed by atoms with Crippen molar-refractivity contribution in [3.05, 3.63) is 40.0 Å². The van der Waals surface area contributed by atoms with Crippen molar-refractivity contribution in [2.24, 2.45) is 0 Å². The van der Waals surface area contributed by atoms with E-state index in [0.29, 0.717) is 24.5 Å². The van der Waals surface area contributed by atoms with Gasteiger partial charge in [0.15, 0.2) is 17.2 Å². The number of alkyl halides is 3. The van der Waals surface area contributed by atoms with Crippen molar-refractivity contribution >= 4 is 27.2 Å². The third kappa shape index (κ3) is 2.86. The van der Waals surface area contributed by atoms with Gasteiger partial charge in [0.25, 0.3) is 0 Å². The molecule has 4 aromatic rings. The molecule has 1 fully saturated rings. The number of thiophene rings is 1. The normalized spacial score (nSPS) is 15.2. The fourth-order valence-corrected chi connectivity index (χ4v) is 4.45. The topological polar surface area (TPSA) is 60.9 Å². The van der Waals surface area contributed by atoms with E-state index in [0.717, 1.165) is 34.3 Å². The van der Waals surface area contributed by atoms with Crippen LogP contribution in [0.1, 0.15) is 46.4 Å². The van der Waals surface area contributed by atoms with E-state index < -0.39 is 11.9 Å². The Labute approximate surface area is 162 Å². The summed E-state index contributed by atoms with van der Waals surface area (Å²) >= 11 is 1.62. The van der Waals surface area contributed by atoms with E-state index in [-0.39, 0.29) is 5.92 Å². The maximum atomic E-state index is 13.0. The average Bonchev–Trinajstić information content (AvgIpc) is 3.12. The monoisotopic (exact) mass is 406 g/mol. The first-order chi connectivity index (χ1) is 13.3. The Balaban J connectivity index is 1.46. The summed E-state index contributed by atoms with van der Waals surface area (Å²) in [6.45, 7) is 4.40. The van der Waals surface area contributed by atoms with Gasteiger partial charge in [0.2, 0.25) is 0 Å². The molecule has 0 unspecified atom stereocenters. The maximum absolute atomic E-state index is 13.0. The van der Waals surface area contributed by atoms with Crippen LogP contribution in [0.3, 0.4) is 0 Å². The molecule has 1 saturated carbocycles. The third-order valence-corrected chi connectivity index (χ3v) is 6.31. The summed E-state index contributed by atoms with van der Waals surface area (Å²) in [7, 11) is 0. The lowest BCUT2D eigenvalue weighted by Gasteiger charge is -2.04. The Bertz CT molecular complexity index is 1200. The first kappa shape index (κ1) is 17.6. The van der Waals surface area contributed by atoms with Gasteiger partial charge in [-0.25, -0.2) is 14.5 Å². The van der Waals surface area contributed by atoms with Gasteiger partial charge in [0.1, 0.15) is 11.2 Å². The first-order valence-corrected chi connectivity index (χ1v) is 9.88. The number of hydrogen-bond acceptors (Lipinski definition) is 5. The highest BCUT2D eigenvalue weighted by Gasteiger charge is 2.37. The third-order valence-electron chi connectivity index (χ3n) is 5.19. The van der Waals surface area contributed by atoms with Gasteiger partial charge in [0, 0.05) is 29.5 Å². The molecule has 0 spiro atoms. The van der Waals surface area contributed by atoms with E-state index in [4.69, 9.17) is 0 Å². The van der Waals surface area contributed by atoms with Gasteiger partial charge in [0.05, 0.1) is 5.39 Å². The number of fused-ring (bicyclic) bond motifs is 3. The van der Waals surface area contributed by atoms with Crippen LogP contribution in [0.15, 0.2) is 12.4 Å². The van der Waals surface area contributed by atoms with Gasteiger partial charge < -0.3 is 0 Å². The van der Waals surface area contributed by atoms with E-state index in [2.05, 4.69) is 20.2 Å². The summed E-state index contributed by atoms with van der Waals surface area (Å²) in [6, 6.07) is 1.18. The fraction of sp³-hybridized carbons (Fsp3) is 0.444. The van der Waals surface area contributed by atoms with Crippen LogP contribution in [0, 0.1) is 13.8 Å². The van der Waals surface area contributed by atoms with Crippen molar-refractivity contribution in [1.29, 1.82) is 0 Å². The van der Waals surface area contributed by atoms with Crippen LogP contribution in [0.4, 0.5) is 13.2 Å². The van der Waals surface area contributed by atoms with Crippen LogP contribution in [-0.4, -0.2) is 29.4 Å². The van der Waals surface area contributed by atoms with E-state index in [9.17, 15) is 13.2 Å². The predicted octanol–water partition coefficient (Wildman–Crippen LogP) is 4.29. The molecule has 5 rings (SSSR count). The molecule has 0 radical (unpaired) electrons. The minimum Gasteiger partial charge on any atom is -0.268 e. The Kier molecular flexibility index (Phi) is 3.77. The van der Waals surface area contributed by atoms with Gasteiger partial charge in [-0.05, 0) is 38.3 Å². The molecule has 0 amide bonds. The van der Waals surface area contributed by atoms with Gasteiger partial charge in [-0.3, -0.25) is 4.68 Å². The van der Waals surface area contributed by atoms with Gasteiger partial charge in [-0.2, -0.15) is 18.3 Å². The van der Waals surface area contributed by atoms with E-state index in [1.807, 2.05) is 13.8 Å². The largest absolute Gasteiger partial charge is 0.435 e. The second kappa shape index (κ2) is 6.00. The minimum atomic E-state index is -4.43. The summed E-state index contributed by atoms with van der Waals surface area (Å²) < 4.78 is 42.3. The molecule has 28 heavy (non-hydrogen) atoms.